The van der Waals surface area contributed by atoms with Crippen LogP contribution in [0.4, 0.5) is 4.39 Å². The zero-order valence-corrected chi connectivity index (χ0v) is 9.27. The van der Waals surface area contributed by atoms with E-state index >= 15 is 0 Å². The van der Waals surface area contributed by atoms with Gasteiger partial charge in [-0.15, -0.1) is 11.3 Å². The van der Waals surface area contributed by atoms with Crippen LogP contribution in [0.1, 0.15) is 11.1 Å². The molecule has 3 heteroatoms. The number of nitrogens with two attached hydrogens (primary N) is 1. The van der Waals surface area contributed by atoms with E-state index in [1.807, 2.05) is 24.4 Å². The van der Waals surface area contributed by atoms with Crippen molar-refractivity contribution in [3.05, 3.63) is 46.6 Å². The number of aryl methyl sites for hydroxylation is 1. The number of thiophene rings is 1. The van der Waals surface area contributed by atoms with E-state index in [4.69, 9.17) is 5.73 Å². The standard InChI is InChI=1S/C12H12FNS/c1-8-4-5-15-12(8)10-6-9(7-14)2-3-11(10)13/h2-6H,7,14H2,1H3. The number of benzene rings is 1. The summed E-state index contributed by atoms with van der Waals surface area (Å²) in [6.07, 6.45) is 0. The number of halogens is 1. The van der Waals surface area contributed by atoms with Gasteiger partial charge in [0.05, 0.1) is 0 Å². The van der Waals surface area contributed by atoms with Gasteiger partial charge in [0.15, 0.2) is 0 Å². The summed E-state index contributed by atoms with van der Waals surface area (Å²) in [5.74, 6) is -0.183. The summed E-state index contributed by atoms with van der Waals surface area (Å²) < 4.78 is 13.6. The van der Waals surface area contributed by atoms with Crippen LogP contribution >= 0.6 is 11.3 Å². The molecule has 0 spiro atoms. The first-order valence-corrected chi connectivity index (χ1v) is 5.63. The van der Waals surface area contributed by atoms with Crippen molar-refractivity contribution in [1.82, 2.24) is 0 Å². The Morgan fingerprint density at radius 3 is 2.73 bits per heavy atom. The molecule has 0 saturated carbocycles. The van der Waals surface area contributed by atoms with Gasteiger partial charge in [0.2, 0.25) is 0 Å². The molecule has 2 rings (SSSR count). The van der Waals surface area contributed by atoms with Crippen molar-refractivity contribution in [2.75, 3.05) is 0 Å². The van der Waals surface area contributed by atoms with E-state index in [9.17, 15) is 4.39 Å². The van der Waals surface area contributed by atoms with Crippen molar-refractivity contribution < 1.29 is 4.39 Å². The quantitative estimate of drug-likeness (QED) is 0.827. The maximum atomic E-state index is 13.6. The van der Waals surface area contributed by atoms with E-state index in [-0.39, 0.29) is 5.82 Å². The third-order valence-electron chi connectivity index (χ3n) is 2.37. The SMILES string of the molecule is Cc1ccsc1-c1cc(CN)ccc1F. The minimum Gasteiger partial charge on any atom is -0.326 e. The molecular formula is C12H12FNS. The zero-order valence-electron chi connectivity index (χ0n) is 8.46. The second-order valence-corrected chi connectivity index (χ2v) is 4.37. The second-order valence-electron chi connectivity index (χ2n) is 3.45. The fraction of sp³-hybridized carbons (Fsp3) is 0.167. The molecule has 1 aromatic carbocycles. The lowest BCUT2D eigenvalue weighted by Crippen LogP contribution is -1.97. The van der Waals surface area contributed by atoms with E-state index in [0.29, 0.717) is 12.1 Å². The Labute approximate surface area is 92.4 Å². The molecule has 2 N–H and O–H groups in total. The van der Waals surface area contributed by atoms with E-state index in [1.165, 1.54) is 6.07 Å². The summed E-state index contributed by atoms with van der Waals surface area (Å²) in [7, 11) is 0. The Bertz CT molecular complexity index is 476. The van der Waals surface area contributed by atoms with Crippen molar-refractivity contribution in [3.63, 3.8) is 0 Å². The maximum Gasteiger partial charge on any atom is 0.131 e. The van der Waals surface area contributed by atoms with Crippen LogP contribution in [0.15, 0.2) is 29.6 Å². The summed E-state index contributed by atoms with van der Waals surface area (Å²) >= 11 is 1.56. The molecule has 0 bridgehead atoms. The highest BCUT2D eigenvalue weighted by molar-refractivity contribution is 7.13. The van der Waals surface area contributed by atoms with Gasteiger partial charge in [0, 0.05) is 17.0 Å². The molecule has 0 unspecified atom stereocenters. The van der Waals surface area contributed by atoms with E-state index in [2.05, 4.69) is 0 Å². The van der Waals surface area contributed by atoms with Crippen LogP contribution in [0.5, 0.6) is 0 Å². The van der Waals surface area contributed by atoms with E-state index in [1.54, 1.807) is 17.4 Å². The summed E-state index contributed by atoms with van der Waals surface area (Å²) in [5, 5.41) is 1.97. The predicted molar refractivity (Wildman–Crippen MR) is 62.3 cm³/mol. The lowest BCUT2D eigenvalue weighted by molar-refractivity contribution is 0.631. The summed E-state index contributed by atoms with van der Waals surface area (Å²) in [6.45, 7) is 2.43. The van der Waals surface area contributed by atoms with E-state index in [0.717, 1.165) is 16.0 Å². The van der Waals surface area contributed by atoms with Gasteiger partial charge < -0.3 is 5.73 Å². The number of hydrogen-bond donors (Lipinski definition) is 1. The first-order chi connectivity index (χ1) is 7.22. The molecule has 0 aliphatic rings. The van der Waals surface area contributed by atoms with Crippen LogP contribution in [-0.4, -0.2) is 0 Å². The molecule has 1 nitrogen and oxygen atoms in total. The first kappa shape index (κ1) is 10.3. The van der Waals surface area contributed by atoms with Crippen LogP contribution in [-0.2, 0) is 6.54 Å². The van der Waals surface area contributed by atoms with Crippen LogP contribution in [0.3, 0.4) is 0 Å². The van der Waals surface area contributed by atoms with Gasteiger partial charge in [-0.05, 0) is 41.6 Å². The Morgan fingerprint density at radius 1 is 1.33 bits per heavy atom. The molecule has 1 heterocycles. The Hall–Kier alpha value is -1.19. The number of hydrogen-bond acceptors (Lipinski definition) is 2. The third kappa shape index (κ3) is 1.94. The molecule has 1 aromatic heterocycles. The molecular weight excluding hydrogens is 209 g/mol. The van der Waals surface area contributed by atoms with Gasteiger partial charge in [0.25, 0.3) is 0 Å². The molecule has 0 fully saturated rings. The third-order valence-corrected chi connectivity index (χ3v) is 3.42. The topological polar surface area (TPSA) is 26.0 Å². The fourth-order valence-electron chi connectivity index (χ4n) is 1.52. The van der Waals surface area contributed by atoms with Crippen molar-refractivity contribution in [2.45, 2.75) is 13.5 Å². The van der Waals surface area contributed by atoms with Gasteiger partial charge in [-0.3, -0.25) is 0 Å². The highest BCUT2D eigenvalue weighted by Gasteiger charge is 2.09. The Morgan fingerprint density at radius 2 is 2.13 bits per heavy atom. The largest absolute Gasteiger partial charge is 0.326 e. The van der Waals surface area contributed by atoms with Crippen molar-refractivity contribution in [1.29, 1.82) is 0 Å². The minimum absolute atomic E-state index is 0.183. The zero-order chi connectivity index (χ0) is 10.8. The predicted octanol–water partition coefficient (Wildman–Crippen LogP) is 3.32. The van der Waals surface area contributed by atoms with Crippen molar-refractivity contribution in [2.24, 2.45) is 5.73 Å². The Kier molecular flexibility index (Phi) is 2.84. The van der Waals surface area contributed by atoms with Crippen LogP contribution in [0, 0.1) is 12.7 Å². The molecule has 0 aliphatic heterocycles. The lowest BCUT2D eigenvalue weighted by Gasteiger charge is -2.04. The molecule has 0 amide bonds. The average molecular weight is 221 g/mol. The van der Waals surface area contributed by atoms with Crippen molar-refractivity contribution in [3.8, 4) is 10.4 Å². The highest BCUT2D eigenvalue weighted by Crippen LogP contribution is 2.31. The van der Waals surface area contributed by atoms with Gasteiger partial charge in [-0.1, -0.05) is 6.07 Å². The monoisotopic (exact) mass is 221 g/mol. The second kappa shape index (κ2) is 4.13. The van der Waals surface area contributed by atoms with Gasteiger partial charge in [0.1, 0.15) is 5.82 Å². The minimum atomic E-state index is -0.183. The highest BCUT2D eigenvalue weighted by atomic mass is 32.1. The van der Waals surface area contributed by atoms with Crippen molar-refractivity contribution >= 4 is 11.3 Å². The fourth-order valence-corrected chi connectivity index (χ4v) is 2.47. The molecule has 2 aromatic rings. The smallest absolute Gasteiger partial charge is 0.131 e. The van der Waals surface area contributed by atoms with Gasteiger partial charge in [-0.2, -0.15) is 0 Å². The van der Waals surface area contributed by atoms with Gasteiger partial charge in [-0.25, -0.2) is 4.39 Å². The summed E-state index contributed by atoms with van der Waals surface area (Å²) in [5.41, 5.74) is 8.26. The molecule has 78 valence electrons. The van der Waals surface area contributed by atoms with Crippen LogP contribution in [0.25, 0.3) is 10.4 Å². The normalized spacial score (nSPS) is 10.6. The lowest BCUT2D eigenvalue weighted by atomic mass is 10.1. The van der Waals surface area contributed by atoms with Crippen LogP contribution in [0.2, 0.25) is 0 Å². The molecule has 0 atom stereocenters. The van der Waals surface area contributed by atoms with Crippen LogP contribution < -0.4 is 5.73 Å². The summed E-state index contributed by atoms with van der Waals surface area (Å²) in [4.78, 5) is 0.989. The average Bonchev–Trinajstić information content (AvgIpc) is 2.65. The van der Waals surface area contributed by atoms with Gasteiger partial charge >= 0.3 is 0 Å². The Balaban J connectivity index is 2.56. The maximum absolute atomic E-state index is 13.6. The van der Waals surface area contributed by atoms with E-state index < -0.39 is 0 Å². The molecule has 0 aliphatic carbocycles. The molecule has 0 saturated heterocycles. The molecule has 0 radical (unpaired) electrons. The molecule has 15 heavy (non-hydrogen) atoms. The summed E-state index contributed by atoms with van der Waals surface area (Å²) in [6, 6.07) is 7.03. The number of rotatable bonds is 2. The first-order valence-electron chi connectivity index (χ1n) is 4.75.